The van der Waals surface area contributed by atoms with Gasteiger partial charge in [-0.1, -0.05) is 48.5 Å². The van der Waals surface area contributed by atoms with Gasteiger partial charge in [0.1, 0.15) is 13.2 Å². The van der Waals surface area contributed by atoms with Crippen LogP contribution in [0.2, 0.25) is 0 Å². The van der Waals surface area contributed by atoms with Crippen LogP contribution in [0.5, 0.6) is 11.5 Å². The molecule has 0 spiro atoms. The molecule has 0 radical (unpaired) electrons. The molecule has 0 amide bonds. The quantitative estimate of drug-likeness (QED) is 0.378. The van der Waals surface area contributed by atoms with E-state index in [1.807, 2.05) is 42.5 Å². The van der Waals surface area contributed by atoms with Crippen LogP contribution in [-0.2, 0) is 4.74 Å². The molecule has 6 nitrogen and oxygen atoms in total. The number of fused-ring (bicyclic) bond motifs is 2. The van der Waals surface area contributed by atoms with E-state index in [-0.39, 0.29) is 11.3 Å². The molecule has 2 heterocycles. The van der Waals surface area contributed by atoms with E-state index in [2.05, 4.69) is 4.98 Å². The number of aromatic nitrogens is 1. The molecule has 1 atom stereocenters. The Balaban J connectivity index is 1.48. The third-order valence-corrected chi connectivity index (χ3v) is 5.20. The summed E-state index contributed by atoms with van der Waals surface area (Å²) in [6.07, 6.45) is 0.571. The summed E-state index contributed by atoms with van der Waals surface area (Å²) in [5.74, 6) is 0.158. The number of hydrogen-bond acceptors (Lipinski definition) is 5. The van der Waals surface area contributed by atoms with Crippen molar-refractivity contribution in [3.05, 3.63) is 95.7 Å². The van der Waals surface area contributed by atoms with Gasteiger partial charge in [0, 0.05) is 28.2 Å². The largest absolute Gasteiger partial charge is 0.486 e. The highest BCUT2D eigenvalue weighted by molar-refractivity contribution is 6.11. The van der Waals surface area contributed by atoms with E-state index < -0.39 is 12.1 Å². The van der Waals surface area contributed by atoms with E-state index in [4.69, 9.17) is 14.2 Å². The molecule has 0 saturated heterocycles. The van der Waals surface area contributed by atoms with Gasteiger partial charge in [-0.15, -0.1) is 0 Å². The molecule has 0 bridgehead atoms. The highest BCUT2D eigenvalue weighted by Gasteiger charge is 2.29. The number of H-pyrrole nitrogens is 1. The average Bonchev–Trinajstić information content (AvgIpc) is 3.26. The van der Waals surface area contributed by atoms with Crippen molar-refractivity contribution in [1.29, 1.82) is 0 Å². The second-order valence-electron chi connectivity index (χ2n) is 7.17. The first kappa shape index (κ1) is 18.9. The van der Waals surface area contributed by atoms with Gasteiger partial charge in [-0.3, -0.25) is 4.79 Å². The SMILES string of the molecule is O=C(OC(C(=O)c1c[nH]c2ccccc12)c1ccccc1)c1ccc2c(c1)OCCO2. The summed E-state index contributed by atoms with van der Waals surface area (Å²) in [7, 11) is 0. The monoisotopic (exact) mass is 413 g/mol. The third kappa shape index (κ3) is 3.64. The van der Waals surface area contributed by atoms with Gasteiger partial charge < -0.3 is 19.2 Å². The van der Waals surface area contributed by atoms with E-state index in [9.17, 15) is 9.59 Å². The van der Waals surface area contributed by atoms with Crippen molar-refractivity contribution in [2.24, 2.45) is 0 Å². The Morgan fingerprint density at radius 1 is 0.871 bits per heavy atom. The number of carbonyl (C=O) groups is 2. The number of aromatic amines is 1. The first-order chi connectivity index (χ1) is 15.2. The standard InChI is InChI=1S/C25H19NO5/c27-23(19-15-26-20-9-5-4-8-18(19)20)24(16-6-2-1-3-7-16)31-25(28)17-10-11-21-22(14-17)30-13-12-29-21/h1-11,14-15,24,26H,12-13H2. The lowest BCUT2D eigenvalue weighted by atomic mass is 9.99. The summed E-state index contributed by atoms with van der Waals surface area (Å²) >= 11 is 0. The van der Waals surface area contributed by atoms with Crippen molar-refractivity contribution < 1.29 is 23.8 Å². The van der Waals surface area contributed by atoms with Crippen LogP contribution in [0, 0.1) is 0 Å². The van der Waals surface area contributed by atoms with Crippen molar-refractivity contribution in [1.82, 2.24) is 4.98 Å². The number of hydrogen-bond donors (Lipinski definition) is 1. The normalized spacial score (nSPS) is 13.5. The van der Waals surface area contributed by atoms with Crippen molar-refractivity contribution in [2.75, 3.05) is 13.2 Å². The zero-order valence-corrected chi connectivity index (χ0v) is 16.5. The number of para-hydroxylation sites is 1. The highest BCUT2D eigenvalue weighted by atomic mass is 16.6. The Labute approximate surface area is 178 Å². The Bertz CT molecular complexity index is 1260. The van der Waals surface area contributed by atoms with Crippen LogP contribution in [-0.4, -0.2) is 30.0 Å². The summed E-state index contributed by atoms with van der Waals surface area (Å²) in [6, 6.07) is 21.4. The molecule has 5 rings (SSSR count). The second kappa shape index (κ2) is 7.99. The first-order valence-electron chi connectivity index (χ1n) is 9.96. The minimum atomic E-state index is -1.08. The molecule has 1 aliphatic rings. The van der Waals surface area contributed by atoms with Gasteiger partial charge in [0.15, 0.2) is 17.6 Å². The van der Waals surface area contributed by atoms with Gasteiger partial charge in [0.2, 0.25) is 5.78 Å². The Hall–Kier alpha value is -4.06. The van der Waals surface area contributed by atoms with Gasteiger partial charge >= 0.3 is 5.97 Å². The van der Waals surface area contributed by atoms with Crippen LogP contribution in [0.15, 0.2) is 79.0 Å². The van der Waals surface area contributed by atoms with Crippen LogP contribution < -0.4 is 9.47 Å². The third-order valence-electron chi connectivity index (χ3n) is 5.20. The number of nitrogens with one attached hydrogen (secondary N) is 1. The number of esters is 1. The second-order valence-corrected chi connectivity index (χ2v) is 7.17. The zero-order chi connectivity index (χ0) is 21.2. The number of ketones is 1. The lowest BCUT2D eigenvalue weighted by molar-refractivity contribution is 0.0280. The van der Waals surface area contributed by atoms with Gasteiger partial charge in [0.25, 0.3) is 0 Å². The molecule has 0 aliphatic carbocycles. The summed E-state index contributed by atoms with van der Waals surface area (Å²) in [5.41, 5.74) is 2.20. The molecule has 1 unspecified atom stereocenters. The van der Waals surface area contributed by atoms with Crippen molar-refractivity contribution in [3.8, 4) is 11.5 Å². The molecule has 3 aromatic carbocycles. The maximum Gasteiger partial charge on any atom is 0.339 e. The van der Waals surface area contributed by atoms with Crippen LogP contribution >= 0.6 is 0 Å². The van der Waals surface area contributed by atoms with Crippen molar-refractivity contribution in [2.45, 2.75) is 6.10 Å². The predicted octanol–water partition coefficient (Wildman–Crippen LogP) is 4.72. The van der Waals surface area contributed by atoms with Gasteiger partial charge in [0.05, 0.1) is 5.56 Å². The summed E-state index contributed by atoms with van der Waals surface area (Å²) in [5, 5.41) is 0.781. The van der Waals surface area contributed by atoms with Crippen LogP contribution in [0.4, 0.5) is 0 Å². The van der Waals surface area contributed by atoms with Gasteiger partial charge in [-0.05, 0) is 24.3 Å². The van der Waals surface area contributed by atoms with Crippen molar-refractivity contribution >= 4 is 22.7 Å². The fraction of sp³-hybridized carbons (Fsp3) is 0.120. The summed E-state index contributed by atoms with van der Waals surface area (Å²) in [6.45, 7) is 0.878. The Morgan fingerprint density at radius 3 is 2.45 bits per heavy atom. The summed E-state index contributed by atoms with van der Waals surface area (Å²) < 4.78 is 16.8. The molecule has 1 N–H and O–H groups in total. The zero-order valence-electron chi connectivity index (χ0n) is 16.5. The number of carbonyl (C=O) groups excluding carboxylic acids is 2. The Morgan fingerprint density at radius 2 is 1.61 bits per heavy atom. The van der Waals surface area contributed by atoms with E-state index in [0.717, 1.165) is 10.9 Å². The van der Waals surface area contributed by atoms with Gasteiger partial charge in [-0.25, -0.2) is 4.79 Å². The van der Waals surface area contributed by atoms with E-state index in [1.54, 1.807) is 36.5 Å². The fourth-order valence-electron chi connectivity index (χ4n) is 3.66. The molecule has 0 fully saturated rings. The molecule has 31 heavy (non-hydrogen) atoms. The number of rotatable bonds is 5. The molecule has 154 valence electrons. The predicted molar refractivity (Wildman–Crippen MR) is 115 cm³/mol. The van der Waals surface area contributed by atoms with E-state index in [0.29, 0.717) is 35.8 Å². The van der Waals surface area contributed by atoms with Crippen LogP contribution in [0.1, 0.15) is 32.4 Å². The Kier molecular flexibility index (Phi) is 4.88. The van der Waals surface area contributed by atoms with E-state index >= 15 is 0 Å². The number of benzene rings is 3. The van der Waals surface area contributed by atoms with Crippen molar-refractivity contribution in [3.63, 3.8) is 0 Å². The molecule has 1 aliphatic heterocycles. The first-order valence-corrected chi connectivity index (χ1v) is 9.96. The molecule has 1 aromatic heterocycles. The smallest absolute Gasteiger partial charge is 0.339 e. The highest BCUT2D eigenvalue weighted by Crippen LogP contribution is 2.32. The maximum atomic E-state index is 13.5. The van der Waals surface area contributed by atoms with E-state index in [1.165, 1.54) is 0 Å². The molecular formula is C25H19NO5. The topological polar surface area (TPSA) is 77.6 Å². The van der Waals surface area contributed by atoms with Gasteiger partial charge in [-0.2, -0.15) is 0 Å². The molecular weight excluding hydrogens is 394 g/mol. The molecule has 4 aromatic rings. The lowest BCUT2D eigenvalue weighted by Crippen LogP contribution is -2.21. The fourth-order valence-corrected chi connectivity index (χ4v) is 3.66. The molecule has 6 heteroatoms. The lowest BCUT2D eigenvalue weighted by Gasteiger charge is -2.20. The number of ether oxygens (including phenoxy) is 3. The minimum Gasteiger partial charge on any atom is -0.486 e. The summed E-state index contributed by atoms with van der Waals surface area (Å²) in [4.78, 5) is 29.6. The average molecular weight is 413 g/mol. The number of Topliss-reactive ketones (excluding diaryl/α,β-unsaturated/α-hetero) is 1. The van der Waals surface area contributed by atoms with Crippen LogP contribution in [0.25, 0.3) is 10.9 Å². The maximum absolute atomic E-state index is 13.5. The minimum absolute atomic E-state index is 0.289. The van der Waals surface area contributed by atoms with Crippen LogP contribution in [0.3, 0.4) is 0 Å². The molecule has 0 saturated carbocycles.